The Kier molecular flexibility index (Phi) is 4.20. The van der Waals surface area contributed by atoms with E-state index in [0.717, 1.165) is 17.7 Å². The maximum absolute atomic E-state index is 5.90. The summed E-state index contributed by atoms with van der Waals surface area (Å²) in [5.74, 6) is 1.87. The molecule has 3 unspecified atom stereocenters. The third-order valence-corrected chi connectivity index (χ3v) is 5.98. The standard InChI is InChI=1S/C26H25NO/c1-17(2)16-28-19-13-14-25-24(15-19)21-10-6-12-23(21)26(27-25)22-11-5-8-18-7-3-4-9-20(18)22/h3-11,13-15,21,23,26-27H,1,12,16H2,2H3. The lowest BCUT2D eigenvalue weighted by atomic mass is 9.76. The fourth-order valence-electron chi connectivity index (χ4n) is 4.70. The summed E-state index contributed by atoms with van der Waals surface area (Å²) in [5.41, 5.74) is 4.98. The van der Waals surface area contributed by atoms with Gasteiger partial charge in [0.25, 0.3) is 0 Å². The average molecular weight is 367 g/mol. The van der Waals surface area contributed by atoms with E-state index in [0.29, 0.717) is 24.5 Å². The highest BCUT2D eigenvalue weighted by molar-refractivity contribution is 5.86. The van der Waals surface area contributed by atoms with Crippen LogP contribution in [0, 0.1) is 5.92 Å². The van der Waals surface area contributed by atoms with Crippen molar-refractivity contribution in [3.63, 3.8) is 0 Å². The van der Waals surface area contributed by atoms with Gasteiger partial charge in [-0.3, -0.25) is 0 Å². The third-order valence-electron chi connectivity index (χ3n) is 5.98. The van der Waals surface area contributed by atoms with Crippen molar-refractivity contribution in [2.24, 2.45) is 5.92 Å². The fraction of sp³-hybridized carbons (Fsp3) is 0.231. The van der Waals surface area contributed by atoms with E-state index in [1.54, 1.807) is 0 Å². The van der Waals surface area contributed by atoms with Crippen molar-refractivity contribution in [3.8, 4) is 5.75 Å². The van der Waals surface area contributed by atoms with Crippen molar-refractivity contribution < 1.29 is 4.74 Å². The molecule has 1 heterocycles. The molecule has 5 rings (SSSR count). The number of fused-ring (bicyclic) bond motifs is 4. The van der Waals surface area contributed by atoms with Crippen LogP contribution in [0.25, 0.3) is 10.8 Å². The number of hydrogen-bond donors (Lipinski definition) is 1. The lowest BCUT2D eigenvalue weighted by molar-refractivity contribution is 0.350. The Balaban J connectivity index is 1.55. The summed E-state index contributed by atoms with van der Waals surface area (Å²) >= 11 is 0. The van der Waals surface area contributed by atoms with E-state index in [4.69, 9.17) is 4.74 Å². The van der Waals surface area contributed by atoms with Gasteiger partial charge in [0.2, 0.25) is 0 Å². The minimum Gasteiger partial charge on any atom is -0.489 e. The largest absolute Gasteiger partial charge is 0.489 e. The summed E-state index contributed by atoms with van der Waals surface area (Å²) in [7, 11) is 0. The maximum Gasteiger partial charge on any atom is 0.120 e. The minimum atomic E-state index is 0.306. The zero-order valence-corrected chi connectivity index (χ0v) is 16.2. The highest BCUT2D eigenvalue weighted by atomic mass is 16.5. The van der Waals surface area contributed by atoms with Gasteiger partial charge in [-0.05, 0) is 64.9 Å². The monoisotopic (exact) mass is 367 g/mol. The van der Waals surface area contributed by atoms with Gasteiger partial charge >= 0.3 is 0 Å². The molecule has 1 aliphatic heterocycles. The molecule has 2 heteroatoms. The molecule has 3 aromatic rings. The summed E-state index contributed by atoms with van der Waals surface area (Å²) in [6, 6.07) is 22.1. The van der Waals surface area contributed by atoms with Gasteiger partial charge < -0.3 is 10.1 Å². The van der Waals surface area contributed by atoms with Gasteiger partial charge in [-0.15, -0.1) is 0 Å². The fourth-order valence-corrected chi connectivity index (χ4v) is 4.70. The molecule has 2 aliphatic rings. The smallest absolute Gasteiger partial charge is 0.120 e. The van der Waals surface area contributed by atoms with E-state index in [1.807, 2.05) is 6.92 Å². The van der Waals surface area contributed by atoms with E-state index in [9.17, 15) is 0 Å². The number of benzene rings is 3. The molecule has 0 radical (unpaired) electrons. The Labute approximate surface area is 166 Å². The number of hydrogen-bond acceptors (Lipinski definition) is 2. The second-order valence-corrected chi connectivity index (χ2v) is 8.04. The van der Waals surface area contributed by atoms with Crippen LogP contribution < -0.4 is 10.1 Å². The van der Waals surface area contributed by atoms with Crippen molar-refractivity contribution in [1.82, 2.24) is 0 Å². The molecular weight excluding hydrogens is 342 g/mol. The van der Waals surface area contributed by atoms with E-state index >= 15 is 0 Å². The van der Waals surface area contributed by atoms with Gasteiger partial charge in [0, 0.05) is 11.6 Å². The van der Waals surface area contributed by atoms with Crippen LogP contribution in [0.4, 0.5) is 5.69 Å². The molecule has 0 saturated carbocycles. The maximum atomic E-state index is 5.90. The number of ether oxygens (including phenoxy) is 1. The number of nitrogens with one attached hydrogen (secondary N) is 1. The Hall–Kier alpha value is -3.00. The van der Waals surface area contributed by atoms with Gasteiger partial charge in [0.15, 0.2) is 0 Å². The molecule has 3 atom stereocenters. The van der Waals surface area contributed by atoms with Crippen LogP contribution in [0.5, 0.6) is 5.75 Å². The number of anilines is 1. The molecule has 1 aliphatic carbocycles. The van der Waals surface area contributed by atoms with Crippen molar-refractivity contribution >= 4 is 16.5 Å². The minimum absolute atomic E-state index is 0.306. The van der Waals surface area contributed by atoms with E-state index < -0.39 is 0 Å². The molecule has 0 bridgehead atoms. The van der Waals surface area contributed by atoms with Gasteiger partial charge in [-0.2, -0.15) is 0 Å². The predicted octanol–water partition coefficient (Wildman–Crippen LogP) is 6.62. The van der Waals surface area contributed by atoms with Gasteiger partial charge in [-0.25, -0.2) is 0 Å². The quantitative estimate of drug-likeness (QED) is 0.523. The van der Waals surface area contributed by atoms with Crippen LogP contribution in [-0.2, 0) is 0 Å². The highest BCUT2D eigenvalue weighted by Crippen LogP contribution is 2.51. The molecule has 2 nitrogen and oxygen atoms in total. The van der Waals surface area contributed by atoms with Gasteiger partial charge in [-0.1, -0.05) is 61.2 Å². The average Bonchev–Trinajstić information content (AvgIpc) is 3.21. The van der Waals surface area contributed by atoms with Crippen LogP contribution in [0.1, 0.15) is 36.4 Å². The zero-order valence-electron chi connectivity index (χ0n) is 16.2. The second kappa shape index (κ2) is 6.87. The summed E-state index contributed by atoms with van der Waals surface area (Å²) in [6.07, 6.45) is 5.82. The van der Waals surface area contributed by atoms with E-state index in [1.165, 1.54) is 27.6 Å². The molecule has 0 saturated heterocycles. The lowest BCUT2D eigenvalue weighted by Crippen LogP contribution is -2.29. The molecule has 0 amide bonds. The van der Waals surface area contributed by atoms with Gasteiger partial charge in [0.05, 0.1) is 6.04 Å². The Morgan fingerprint density at radius 1 is 1.07 bits per heavy atom. The van der Waals surface area contributed by atoms with Crippen molar-refractivity contribution in [2.75, 3.05) is 11.9 Å². The summed E-state index contributed by atoms with van der Waals surface area (Å²) < 4.78 is 5.90. The lowest BCUT2D eigenvalue weighted by Gasteiger charge is -2.38. The molecule has 0 aromatic heterocycles. The molecule has 0 fully saturated rings. The first-order valence-corrected chi connectivity index (χ1v) is 10.0. The Morgan fingerprint density at radius 3 is 2.82 bits per heavy atom. The first kappa shape index (κ1) is 17.1. The third kappa shape index (κ3) is 2.90. The highest BCUT2D eigenvalue weighted by Gasteiger charge is 2.38. The van der Waals surface area contributed by atoms with Crippen LogP contribution in [-0.4, -0.2) is 6.61 Å². The SMILES string of the molecule is C=C(C)COc1ccc2c(c1)C1C=CCC1C(c1cccc3ccccc13)N2. The molecule has 0 spiro atoms. The van der Waals surface area contributed by atoms with Crippen LogP contribution in [0.2, 0.25) is 0 Å². The molecule has 140 valence electrons. The first-order valence-electron chi connectivity index (χ1n) is 10.0. The predicted molar refractivity (Wildman–Crippen MR) is 117 cm³/mol. The topological polar surface area (TPSA) is 21.3 Å². The summed E-state index contributed by atoms with van der Waals surface area (Å²) in [6.45, 7) is 6.49. The van der Waals surface area contributed by atoms with Crippen LogP contribution in [0.3, 0.4) is 0 Å². The van der Waals surface area contributed by atoms with Crippen molar-refractivity contribution in [3.05, 3.63) is 96.1 Å². The molecular formula is C26H25NO. The normalized spacial score (nSPS) is 22.4. The van der Waals surface area contributed by atoms with Crippen molar-refractivity contribution in [1.29, 1.82) is 0 Å². The Morgan fingerprint density at radius 2 is 1.93 bits per heavy atom. The van der Waals surface area contributed by atoms with E-state index in [-0.39, 0.29) is 0 Å². The molecule has 28 heavy (non-hydrogen) atoms. The van der Waals surface area contributed by atoms with Crippen LogP contribution >= 0.6 is 0 Å². The molecule has 3 aromatic carbocycles. The Bertz CT molecular complexity index is 1080. The number of allylic oxidation sites excluding steroid dienone is 2. The zero-order chi connectivity index (χ0) is 19.1. The second-order valence-electron chi connectivity index (χ2n) is 8.04. The van der Waals surface area contributed by atoms with E-state index in [2.05, 4.69) is 84.7 Å². The summed E-state index contributed by atoms with van der Waals surface area (Å²) in [4.78, 5) is 0. The number of rotatable bonds is 4. The molecule has 1 N–H and O–H groups in total. The summed E-state index contributed by atoms with van der Waals surface area (Å²) in [5, 5.41) is 6.51. The first-order chi connectivity index (χ1) is 13.7. The van der Waals surface area contributed by atoms with Gasteiger partial charge in [0.1, 0.15) is 12.4 Å². The van der Waals surface area contributed by atoms with Crippen molar-refractivity contribution in [2.45, 2.75) is 25.3 Å². The van der Waals surface area contributed by atoms with Crippen LogP contribution in [0.15, 0.2) is 85.0 Å².